The molecule has 0 fully saturated rings. The van der Waals surface area contributed by atoms with Crippen LogP contribution < -0.4 is 16.0 Å². The molecule has 4 rings (SSSR count). The summed E-state index contributed by atoms with van der Waals surface area (Å²) < 4.78 is 1.75. The molecule has 136 valence electrons. The summed E-state index contributed by atoms with van der Waals surface area (Å²) in [5.41, 5.74) is 2.72. The van der Waals surface area contributed by atoms with Gasteiger partial charge in [-0.2, -0.15) is 0 Å². The molecule has 0 spiro atoms. The van der Waals surface area contributed by atoms with E-state index in [9.17, 15) is 14.4 Å². The highest BCUT2D eigenvalue weighted by Gasteiger charge is 2.32. The van der Waals surface area contributed by atoms with E-state index in [0.717, 1.165) is 5.52 Å². The number of fused-ring (bicyclic) bond motifs is 3. The number of imidazole rings is 1. The molecule has 0 unspecified atom stereocenters. The van der Waals surface area contributed by atoms with E-state index in [2.05, 4.69) is 20.9 Å². The summed E-state index contributed by atoms with van der Waals surface area (Å²) in [6.07, 6.45) is 0.0309. The van der Waals surface area contributed by atoms with E-state index >= 15 is 0 Å². The first-order valence-corrected chi connectivity index (χ1v) is 8.46. The van der Waals surface area contributed by atoms with E-state index < -0.39 is 6.04 Å². The number of nitrogens with zero attached hydrogens (tertiary/aromatic N) is 2. The smallest absolute Gasteiger partial charge is 0.248 e. The second kappa shape index (κ2) is 6.56. The Balaban J connectivity index is 1.61. The van der Waals surface area contributed by atoms with Crippen molar-refractivity contribution in [1.29, 1.82) is 0 Å². The van der Waals surface area contributed by atoms with Crippen LogP contribution in [-0.4, -0.2) is 27.3 Å². The van der Waals surface area contributed by atoms with Gasteiger partial charge in [0.1, 0.15) is 6.04 Å². The number of carbonyl (C=O) groups is 3. The fourth-order valence-electron chi connectivity index (χ4n) is 3.17. The van der Waals surface area contributed by atoms with Crippen LogP contribution in [0, 0.1) is 0 Å². The number of benzene rings is 2. The van der Waals surface area contributed by atoms with Gasteiger partial charge in [0, 0.05) is 18.3 Å². The van der Waals surface area contributed by atoms with E-state index in [4.69, 9.17) is 0 Å². The van der Waals surface area contributed by atoms with Crippen LogP contribution >= 0.6 is 0 Å². The Morgan fingerprint density at radius 1 is 1.07 bits per heavy atom. The Hall–Kier alpha value is -3.68. The molecule has 1 aromatic heterocycles. The first kappa shape index (κ1) is 16.8. The average Bonchev–Trinajstić information content (AvgIpc) is 3.00. The van der Waals surface area contributed by atoms with E-state index in [1.54, 1.807) is 28.8 Å². The number of hydrogen-bond donors (Lipinski definition) is 3. The Kier molecular flexibility index (Phi) is 4.08. The third kappa shape index (κ3) is 3.24. The van der Waals surface area contributed by atoms with Crippen LogP contribution in [0.2, 0.25) is 0 Å². The fourth-order valence-corrected chi connectivity index (χ4v) is 3.17. The third-order valence-electron chi connectivity index (χ3n) is 4.31. The molecule has 8 nitrogen and oxygen atoms in total. The van der Waals surface area contributed by atoms with Gasteiger partial charge < -0.3 is 10.6 Å². The summed E-state index contributed by atoms with van der Waals surface area (Å²) >= 11 is 0. The van der Waals surface area contributed by atoms with Crippen LogP contribution in [0.1, 0.15) is 19.4 Å². The largest absolute Gasteiger partial charge is 0.326 e. The summed E-state index contributed by atoms with van der Waals surface area (Å²) in [7, 11) is 0. The Bertz CT molecular complexity index is 1050. The van der Waals surface area contributed by atoms with Crippen LogP contribution in [0.25, 0.3) is 11.0 Å². The van der Waals surface area contributed by atoms with Crippen molar-refractivity contribution in [3.63, 3.8) is 0 Å². The molecule has 2 heterocycles. The van der Waals surface area contributed by atoms with Gasteiger partial charge in [-0.3, -0.25) is 24.3 Å². The van der Waals surface area contributed by atoms with E-state index in [1.165, 1.54) is 6.92 Å². The molecule has 1 aliphatic heterocycles. The van der Waals surface area contributed by atoms with Crippen molar-refractivity contribution >= 4 is 46.1 Å². The first-order valence-electron chi connectivity index (χ1n) is 8.46. The average molecular weight is 363 g/mol. The van der Waals surface area contributed by atoms with Crippen LogP contribution in [0.3, 0.4) is 0 Å². The molecule has 0 bridgehead atoms. The summed E-state index contributed by atoms with van der Waals surface area (Å²) in [4.78, 5) is 40.4. The quantitative estimate of drug-likeness (QED) is 0.665. The number of anilines is 3. The Morgan fingerprint density at radius 2 is 1.74 bits per heavy atom. The first-order chi connectivity index (χ1) is 13.0. The molecule has 0 saturated heterocycles. The molecule has 1 aliphatic rings. The molecular formula is C19H17N5O3. The summed E-state index contributed by atoms with van der Waals surface area (Å²) in [6, 6.07) is 13.5. The normalized spacial score (nSPS) is 15.7. The zero-order valence-electron chi connectivity index (χ0n) is 14.5. The molecular weight excluding hydrogens is 346 g/mol. The zero-order valence-corrected chi connectivity index (χ0v) is 14.5. The van der Waals surface area contributed by atoms with E-state index in [0.29, 0.717) is 22.8 Å². The lowest BCUT2D eigenvalue weighted by atomic mass is 10.1. The van der Waals surface area contributed by atoms with Crippen molar-refractivity contribution in [3.05, 3.63) is 48.5 Å². The van der Waals surface area contributed by atoms with Gasteiger partial charge in [-0.25, -0.2) is 4.98 Å². The summed E-state index contributed by atoms with van der Waals surface area (Å²) in [5.74, 6) is -0.353. The molecule has 3 N–H and O–H groups in total. The number of amides is 3. The zero-order chi connectivity index (χ0) is 19.0. The lowest BCUT2D eigenvalue weighted by Gasteiger charge is -2.25. The van der Waals surface area contributed by atoms with Gasteiger partial charge in [-0.15, -0.1) is 0 Å². The summed E-state index contributed by atoms with van der Waals surface area (Å²) in [5, 5.41) is 8.21. The molecule has 1 atom stereocenters. The van der Waals surface area contributed by atoms with Crippen molar-refractivity contribution < 1.29 is 14.4 Å². The maximum Gasteiger partial charge on any atom is 0.248 e. The minimum Gasteiger partial charge on any atom is -0.326 e. The molecule has 0 aliphatic carbocycles. The number of rotatable bonds is 3. The minimum absolute atomic E-state index is 0.0309. The van der Waals surface area contributed by atoms with Gasteiger partial charge in [0.2, 0.25) is 23.7 Å². The standard InChI is InChI=1S/C19H17N5O3/c1-11(25)20-12-6-8-13(9-7-12)21-18(27)16-10-17(26)23-19-22-14-4-2-3-5-15(14)24(16)19/h2-9,16H,10H2,1H3,(H,20,25)(H,21,27)(H,22,23,26)/t16-/m0/s1. The number of hydrogen-bond acceptors (Lipinski definition) is 4. The van der Waals surface area contributed by atoms with Crippen LogP contribution in [-0.2, 0) is 14.4 Å². The van der Waals surface area contributed by atoms with Crippen molar-refractivity contribution in [1.82, 2.24) is 9.55 Å². The highest BCUT2D eigenvalue weighted by molar-refractivity contribution is 6.03. The van der Waals surface area contributed by atoms with Crippen LogP contribution in [0.4, 0.5) is 17.3 Å². The lowest BCUT2D eigenvalue weighted by Crippen LogP contribution is -2.35. The summed E-state index contributed by atoms with van der Waals surface area (Å²) in [6.45, 7) is 1.43. The van der Waals surface area contributed by atoms with Gasteiger partial charge in [0.25, 0.3) is 0 Å². The molecule has 0 saturated carbocycles. The second-order valence-electron chi connectivity index (χ2n) is 6.31. The minimum atomic E-state index is -0.698. The van der Waals surface area contributed by atoms with Crippen molar-refractivity contribution in [2.45, 2.75) is 19.4 Å². The predicted molar refractivity (Wildman–Crippen MR) is 101 cm³/mol. The van der Waals surface area contributed by atoms with Gasteiger partial charge in [-0.1, -0.05) is 12.1 Å². The molecule has 2 aromatic carbocycles. The van der Waals surface area contributed by atoms with Gasteiger partial charge in [0.15, 0.2) is 0 Å². The van der Waals surface area contributed by atoms with Gasteiger partial charge in [0.05, 0.1) is 17.5 Å². The molecule has 3 aromatic rings. The number of aromatic nitrogens is 2. The molecule has 3 amide bonds. The molecule has 27 heavy (non-hydrogen) atoms. The SMILES string of the molecule is CC(=O)Nc1ccc(NC(=O)[C@@H]2CC(=O)Nc3nc4ccccc4n32)cc1. The number of carbonyl (C=O) groups excluding carboxylic acids is 3. The highest BCUT2D eigenvalue weighted by Crippen LogP contribution is 2.31. The van der Waals surface area contributed by atoms with Gasteiger partial charge >= 0.3 is 0 Å². The maximum atomic E-state index is 12.9. The molecule has 8 heteroatoms. The highest BCUT2D eigenvalue weighted by atomic mass is 16.2. The van der Waals surface area contributed by atoms with Crippen LogP contribution in [0.5, 0.6) is 0 Å². The number of para-hydroxylation sites is 2. The lowest BCUT2D eigenvalue weighted by molar-refractivity contribution is -0.124. The third-order valence-corrected chi connectivity index (χ3v) is 4.31. The Labute approximate surface area is 154 Å². The fraction of sp³-hybridized carbons (Fsp3) is 0.158. The van der Waals surface area contributed by atoms with Gasteiger partial charge in [-0.05, 0) is 36.4 Å². The monoisotopic (exact) mass is 363 g/mol. The Morgan fingerprint density at radius 3 is 2.44 bits per heavy atom. The van der Waals surface area contributed by atoms with Crippen molar-refractivity contribution in [2.24, 2.45) is 0 Å². The van der Waals surface area contributed by atoms with Crippen molar-refractivity contribution in [3.8, 4) is 0 Å². The topological polar surface area (TPSA) is 105 Å². The van der Waals surface area contributed by atoms with Crippen molar-refractivity contribution in [2.75, 3.05) is 16.0 Å². The van der Waals surface area contributed by atoms with E-state index in [1.807, 2.05) is 24.3 Å². The predicted octanol–water partition coefficient (Wildman–Crippen LogP) is 2.52. The molecule has 0 radical (unpaired) electrons. The van der Waals surface area contributed by atoms with Crippen LogP contribution in [0.15, 0.2) is 48.5 Å². The van der Waals surface area contributed by atoms with E-state index in [-0.39, 0.29) is 24.1 Å². The number of nitrogens with one attached hydrogen (secondary N) is 3. The maximum absolute atomic E-state index is 12.9. The second-order valence-corrected chi connectivity index (χ2v) is 6.31.